The first-order valence-corrected chi connectivity index (χ1v) is 9.49. The third-order valence-electron chi connectivity index (χ3n) is 3.99. The molecule has 0 aliphatic heterocycles. The summed E-state index contributed by atoms with van der Waals surface area (Å²) in [5.41, 5.74) is 2.61. The number of halogens is 4. The van der Waals surface area contributed by atoms with Gasteiger partial charge < -0.3 is 19.9 Å². The minimum atomic E-state index is -4.41. The minimum absolute atomic E-state index is 0. The number of pyridine rings is 1. The molecule has 0 amide bonds. The Kier molecular flexibility index (Phi) is 10.9. The van der Waals surface area contributed by atoms with Crippen molar-refractivity contribution in [2.24, 2.45) is 4.99 Å². The predicted octanol–water partition coefficient (Wildman–Crippen LogP) is 4.01. The molecule has 11 heteroatoms. The summed E-state index contributed by atoms with van der Waals surface area (Å²) in [4.78, 5) is 8.28. The van der Waals surface area contributed by atoms with Crippen molar-refractivity contribution in [2.45, 2.75) is 52.9 Å². The Morgan fingerprint density at radius 2 is 1.97 bits per heavy atom. The van der Waals surface area contributed by atoms with E-state index in [1.165, 1.54) is 12.3 Å². The van der Waals surface area contributed by atoms with Gasteiger partial charge in [0.15, 0.2) is 12.6 Å². The maximum Gasteiger partial charge on any atom is 0.422 e. The number of aromatic nitrogens is 2. The van der Waals surface area contributed by atoms with Gasteiger partial charge in [-0.3, -0.25) is 0 Å². The molecule has 0 radical (unpaired) electrons. The first kappa shape index (κ1) is 26.0. The lowest BCUT2D eigenvalue weighted by atomic mass is 10.1. The quantitative estimate of drug-likeness (QED) is 0.284. The highest BCUT2D eigenvalue weighted by Crippen LogP contribution is 2.18. The van der Waals surface area contributed by atoms with Gasteiger partial charge >= 0.3 is 6.18 Å². The molecule has 2 aromatic heterocycles. The average Bonchev–Trinajstić information content (AvgIpc) is 3.10. The molecule has 2 aromatic rings. The Balaban J connectivity index is 0.00000450. The third kappa shape index (κ3) is 8.36. The first-order valence-electron chi connectivity index (χ1n) is 9.49. The topological polar surface area (TPSA) is 84.6 Å². The first-order chi connectivity index (χ1) is 13.9. The highest BCUT2D eigenvalue weighted by molar-refractivity contribution is 14.0. The van der Waals surface area contributed by atoms with Crippen molar-refractivity contribution in [1.29, 1.82) is 0 Å². The fourth-order valence-electron chi connectivity index (χ4n) is 2.61. The Bertz CT molecular complexity index is 790. The van der Waals surface area contributed by atoms with Gasteiger partial charge in [-0.2, -0.15) is 13.2 Å². The van der Waals surface area contributed by atoms with Gasteiger partial charge in [-0.15, -0.1) is 24.0 Å². The molecule has 0 aliphatic rings. The number of hydrogen-bond acceptors (Lipinski definition) is 5. The van der Waals surface area contributed by atoms with Gasteiger partial charge in [0, 0.05) is 37.3 Å². The van der Waals surface area contributed by atoms with Crippen LogP contribution in [0.1, 0.15) is 43.4 Å². The molecule has 0 unspecified atom stereocenters. The van der Waals surface area contributed by atoms with E-state index < -0.39 is 12.8 Å². The standard InChI is InChI=1S/C19H26F3N5O2.HI/c1-4-15-14(16(5-2)29-27-15)11-26-18(23-6-3)25-10-13-7-8-24-17(9-13)28-12-19(20,21)22;/h7-9H,4-6,10-12H2,1-3H3,(H2,23,25,26);1H. The Labute approximate surface area is 190 Å². The van der Waals surface area contributed by atoms with Gasteiger partial charge in [-0.05, 0) is 25.0 Å². The zero-order chi connectivity index (χ0) is 21.3. The van der Waals surface area contributed by atoms with Crippen LogP contribution >= 0.6 is 24.0 Å². The van der Waals surface area contributed by atoms with Gasteiger partial charge in [0.25, 0.3) is 0 Å². The van der Waals surface area contributed by atoms with Crippen molar-refractivity contribution < 1.29 is 22.4 Å². The number of hydrogen-bond donors (Lipinski definition) is 2. The van der Waals surface area contributed by atoms with E-state index in [2.05, 4.69) is 30.5 Å². The molecule has 168 valence electrons. The summed E-state index contributed by atoms with van der Waals surface area (Å²) in [5.74, 6) is 1.33. The Morgan fingerprint density at radius 3 is 2.60 bits per heavy atom. The Hall–Kier alpha value is -2.05. The molecular formula is C19H27F3IN5O2. The SMILES string of the molecule is CCNC(=NCc1ccnc(OCC(F)(F)F)c1)NCc1c(CC)noc1CC.I. The van der Waals surface area contributed by atoms with Crippen LogP contribution in [0.15, 0.2) is 27.8 Å². The minimum Gasteiger partial charge on any atom is -0.468 e. The molecule has 30 heavy (non-hydrogen) atoms. The number of rotatable bonds is 9. The van der Waals surface area contributed by atoms with Crippen LogP contribution in [0.25, 0.3) is 0 Å². The smallest absolute Gasteiger partial charge is 0.422 e. The van der Waals surface area contributed by atoms with Crippen LogP contribution in [0.3, 0.4) is 0 Å². The van der Waals surface area contributed by atoms with Crippen molar-refractivity contribution in [2.75, 3.05) is 13.2 Å². The molecule has 0 bridgehead atoms. The summed E-state index contributed by atoms with van der Waals surface area (Å²) in [7, 11) is 0. The zero-order valence-electron chi connectivity index (χ0n) is 17.2. The summed E-state index contributed by atoms with van der Waals surface area (Å²) < 4.78 is 46.9. The van der Waals surface area contributed by atoms with E-state index in [-0.39, 0.29) is 36.4 Å². The number of ether oxygens (including phenoxy) is 1. The second-order valence-corrected chi connectivity index (χ2v) is 6.19. The molecular weight excluding hydrogens is 514 g/mol. The van der Waals surface area contributed by atoms with E-state index in [1.54, 1.807) is 6.07 Å². The summed E-state index contributed by atoms with van der Waals surface area (Å²) in [6.07, 6.45) is -1.50. The van der Waals surface area contributed by atoms with Crippen molar-refractivity contribution in [3.63, 3.8) is 0 Å². The molecule has 0 fully saturated rings. The van der Waals surface area contributed by atoms with Crippen molar-refractivity contribution in [3.8, 4) is 5.88 Å². The van der Waals surface area contributed by atoms with Crippen molar-refractivity contribution in [1.82, 2.24) is 20.8 Å². The largest absolute Gasteiger partial charge is 0.468 e. The molecule has 2 heterocycles. The van der Waals surface area contributed by atoms with Crippen LogP contribution < -0.4 is 15.4 Å². The molecule has 0 saturated carbocycles. The third-order valence-corrected chi connectivity index (χ3v) is 3.99. The molecule has 2 N–H and O–H groups in total. The van der Waals surface area contributed by atoms with Gasteiger partial charge in [0.2, 0.25) is 5.88 Å². The van der Waals surface area contributed by atoms with Crippen LogP contribution in [-0.4, -0.2) is 35.4 Å². The number of nitrogens with zero attached hydrogens (tertiary/aromatic N) is 3. The van der Waals surface area contributed by atoms with Gasteiger partial charge in [-0.1, -0.05) is 19.0 Å². The van der Waals surface area contributed by atoms with Crippen LogP contribution in [0.5, 0.6) is 5.88 Å². The monoisotopic (exact) mass is 541 g/mol. The van der Waals surface area contributed by atoms with Gasteiger partial charge in [0.1, 0.15) is 5.76 Å². The van der Waals surface area contributed by atoms with E-state index in [1.807, 2.05) is 20.8 Å². The summed E-state index contributed by atoms with van der Waals surface area (Å²) in [6, 6.07) is 3.13. The fourth-order valence-corrected chi connectivity index (χ4v) is 2.61. The lowest BCUT2D eigenvalue weighted by molar-refractivity contribution is -0.154. The average molecular weight is 541 g/mol. The molecule has 0 atom stereocenters. The molecule has 7 nitrogen and oxygen atoms in total. The lowest BCUT2D eigenvalue weighted by Gasteiger charge is -2.12. The number of nitrogens with one attached hydrogen (secondary N) is 2. The fraction of sp³-hybridized carbons (Fsp3) is 0.526. The number of guanidine groups is 1. The highest BCUT2D eigenvalue weighted by Gasteiger charge is 2.28. The van der Waals surface area contributed by atoms with E-state index in [0.717, 1.165) is 29.9 Å². The second-order valence-electron chi connectivity index (χ2n) is 6.19. The number of alkyl halides is 3. The van der Waals surface area contributed by atoms with Crippen LogP contribution in [0.4, 0.5) is 13.2 Å². The van der Waals surface area contributed by atoms with Crippen LogP contribution in [-0.2, 0) is 25.9 Å². The van der Waals surface area contributed by atoms with Crippen LogP contribution in [0, 0.1) is 0 Å². The van der Waals surface area contributed by atoms with Gasteiger partial charge in [-0.25, -0.2) is 9.98 Å². The molecule has 0 aliphatic carbocycles. The highest BCUT2D eigenvalue weighted by atomic mass is 127. The molecule has 2 rings (SSSR count). The maximum absolute atomic E-state index is 12.3. The lowest BCUT2D eigenvalue weighted by Crippen LogP contribution is -2.37. The van der Waals surface area contributed by atoms with E-state index >= 15 is 0 Å². The van der Waals surface area contributed by atoms with Crippen molar-refractivity contribution >= 4 is 29.9 Å². The van der Waals surface area contributed by atoms with E-state index in [9.17, 15) is 13.2 Å². The summed E-state index contributed by atoms with van der Waals surface area (Å²) in [5, 5.41) is 10.5. The molecule has 0 spiro atoms. The summed E-state index contributed by atoms with van der Waals surface area (Å²) in [6.45, 7) is 6.01. The normalized spacial score (nSPS) is 11.7. The zero-order valence-corrected chi connectivity index (χ0v) is 19.5. The maximum atomic E-state index is 12.3. The number of aryl methyl sites for hydroxylation is 2. The second kappa shape index (κ2) is 12.6. The van der Waals surface area contributed by atoms with E-state index in [0.29, 0.717) is 24.6 Å². The summed E-state index contributed by atoms with van der Waals surface area (Å²) >= 11 is 0. The van der Waals surface area contributed by atoms with E-state index in [4.69, 9.17) is 4.52 Å². The number of aliphatic imine (C=N–C) groups is 1. The Morgan fingerprint density at radius 1 is 1.20 bits per heavy atom. The molecule has 0 saturated heterocycles. The van der Waals surface area contributed by atoms with Gasteiger partial charge in [0.05, 0.1) is 12.2 Å². The predicted molar refractivity (Wildman–Crippen MR) is 118 cm³/mol. The van der Waals surface area contributed by atoms with Crippen LogP contribution in [0.2, 0.25) is 0 Å². The molecule has 0 aromatic carbocycles. The van der Waals surface area contributed by atoms with Crippen molar-refractivity contribution in [3.05, 3.63) is 40.9 Å².